The van der Waals surface area contributed by atoms with Gasteiger partial charge in [-0.1, -0.05) is 289 Å². The van der Waals surface area contributed by atoms with E-state index in [1.165, 1.54) is 139 Å². The summed E-state index contributed by atoms with van der Waals surface area (Å²) in [5.74, 6) is 10.3. The number of allylic oxidation sites excluding steroid dienone is 2. The predicted octanol–water partition coefficient (Wildman–Crippen LogP) is 27.7. The maximum Gasteiger partial charge on any atom is 0.0429 e. The number of nitrogens with zero attached hydrogens (tertiary/aromatic N) is 3. The molecule has 3 aliphatic carbocycles. The summed E-state index contributed by atoms with van der Waals surface area (Å²) in [5.41, 5.74) is 17.8. The normalized spacial score (nSPS) is 17.0. The number of rotatable bonds is 10. The molecule has 2 aromatic heterocycles. The molecule has 1 atom stereocenters. The minimum atomic E-state index is 0. The van der Waals surface area contributed by atoms with E-state index in [1.807, 2.05) is 19.3 Å². The SMILES string of the molecule is C.CC(C)c1ccc(C2CC2)cc1.CC1CC=C(C(C)C)CC1.CC1CCC(C(C)C)CC1.CC1CCN(C(C)C)CC1.Cc1ccc(C(C)C)cc1.Cc1ccc(C(C)C)cc1.Cc1ccc(C(C)C)cc1.Cc1ccc(C(C)C)cn1.Cc1ccc(C(C)C)nc1. The lowest BCUT2D eigenvalue weighted by Gasteiger charge is -2.33. The van der Waals surface area contributed by atoms with Gasteiger partial charge in [-0.25, -0.2) is 0 Å². The van der Waals surface area contributed by atoms with E-state index in [0.717, 1.165) is 53.2 Å². The van der Waals surface area contributed by atoms with Crippen LogP contribution in [0.4, 0.5) is 0 Å². The molecule has 0 bridgehead atoms. The zero-order valence-electron chi connectivity index (χ0n) is 64.4. The minimum Gasteiger partial charge on any atom is -0.301 e. The van der Waals surface area contributed by atoms with Crippen LogP contribution in [0.5, 0.6) is 0 Å². The van der Waals surface area contributed by atoms with E-state index < -0.39 is 0 Å². The Morgan fingerprint density at radius 1 is 0.355 bits per heavy atom. The first-order chi connectivity index (χ1) is 43.4. The van der Waals surface area contributed by atoms with Crippen LogP contribution < -0.4 is 0 Å². The molecule has 0 amide bonds. The van der Waals surface area contributed by atoms with Gasteiger partial charge in [0.25, 0.3) is 0 Å². The maximum absolute atomic E-state index is 4.28. The van der Waals surface area contributed by atoms with Gasteiger partial charge in [-0.05, 0) is 247 Å². The second kappa shape index (κ2) is 46.9. The van der Waals surface area contributed by atoms with Crippen LogP contribution in [0.3, 0.4) is 0 Å². The van der Waals surface area contributed by atoms with E-state index in [-0.39, 0.29) is 7.43 Å². The van der Waals surface area contributed by atoms with Crippen molar-refractivity contribution in [1.29, 1.82) is 0 Å². The van der Waals surface area contributed by atoms with Crippen molar-refractivity contribution in [3.8, 4) is 0 Å². The Labute approximate surface area is 578 Å². The van der Waals surface area contributed by atoms with Crippen LogP contribution >= 0.6 is 0 Å². The summed E-state index contributed by atoms with van der Waals surface area (Å²) in [6, 6.07) is 44.4. The Hall–Kier alpha value is -5.12. The third kappa shape index (κ3) is 38.3. The smallest absolute Gasteiger partial charge is 0.0429 e. The molecule has 4 aromatic carbocycles. The summed E-state index contributed by atoms with van der Waals surface area (Å²) in [6.07, 6.45) is 21.9. The molecule has 1 aliphatic heterocycles. The molecule has 0 spiro atoms. The Morgan fingerprint density at radius 2 is 0.742 bits per heavy atom. The molecule has 0 radical (unpaired) electrons. The highest BCUT2D eigenvalue weighted by Crippen LogP contribution is 2.40. The van der Waals surface area contributed by atoms with Crippen LogP contribution in [0.15, 0.2) is 145 Å². The standard InChI is InChI=1S/C12H16.C10H20.C10H18.3C10H14.C9H19N.2C9H13N.CH4/c1-9(2)10-3-5-11(6-4-10)12-7-8-12;6*1-8(2)10-6-4-9(3)5-7-10;1-7(2)9-5-4-8(3)10-6-9;1-7(2)9-5-4-8(3)6-10-9;/h3-6,9,12H,7-8H2,1-2H3;8-10H,4-7H2,1-3H3;6,8-9H,4-5,7H2,1-3H3;3*4-8H,1-3H3;8-9H,4-7H2,1-3H3;2*4-7H,1-3H3;1H4. The number of likely N-dealkylation sites (tertiary alicyclic amines) is 1. The van der Waals surface area contributed by atoms with Crippen molar-refractivity contribution in [2.24, 2.45) is 35.5 Å². The number of hydrogen-bond donors (Lipinski definition) is 0. The van der Waals surface area contributed by atoms with E-state index in [2.05, 4.69) is 315 Å². The van der Waals surface area contributed by atoms with Gasteiger partial charge in [0.1, 0.15) is 0 Å². The summed E-state index contributed by atoms with van der Waals surface area (Å²) in [7, 11) is 0. The molecule has 6 aromatic rings. The van der Waals surface area contributed by atoms with Crippen LogP contribution in [-0.2, 0) is 0 Å². The summed E-state index contributed by atoms with van der Waals surface area (Å²) in [6.45, 7) is 60.4. The van der Waals surface area contributed by atoms with Crippen LogP contribution in [-0.4, -0.2) is 34.0 Å². The lowest BCUT2D eigenvalue weighted by Crippen LogP contribution is -2.37. The summed E-state index contributed by atoms with van der Waals surface area (Å²) < 4.78 is 0. The zero-order chi connectivity index (χ0) is 69.0. The van der Waals surface area contributed by atoms with Crippen molar-refractivity contribution < 1.29 is 0 Å². The van der Waals surface area contributed by atoms with Gasteiger partial charge in [-0.3, -0.25) is 9.97 Å². The van der Waals surface area contributed by atoms with Gasteiger partial charge in [0.15, 0.2) is 0 Å². The van der Waals surface area contributed by atoms with Gasteiger partial charge in [0, 0.05) is 29.8 Å². The fourth-order valence-electron chi connectivity index (χ4n) is 11.1. The van der Waals surface area contributed by atoms with Gasteiger partial charge in [0.2, 0.25) is 0 Å². The second-order valence-corrected chi connectivity index (χ2v) is 31.0. The van der Waals surface area contributed by atoms with Crippen molar-refractivity contribution in [3.05, 3.63) is 212 Å². The van der Waals surface area contributed by atoms with E-state index in [1.54, 1.807) is 11.1 Å². The summed E-state index contributed by atoms with van der Waals surface area (Å²) in [4.78, 5) is 11.0. The number of pyridine rings is 2. The Balaban J connectivity index is 0.000000523. The van der Waals surface area contributed by atoms with Crippen molar-refractivity contribution in [1.82, 2.24) is 14.9 Å². The van der Waals surface area contributed by atoms with E-state index in [4.69, 9.17) is 0 Å². The molecular weight excluding hydrogens is 1120 g/mol. The highest BCUT2D eigenvalue weighted by molar-refractivity contribution is 5.30. The fourth-order valence-corrected chi connectivity index (χ4v) is 11.1. The molecule has 10 rings (SSSR count). The van der Waals surface area contributed by atoms with Gasteiger partial charge >= 0.3 is 0 Å². The number of hydrogen-bond acceptors (Lipinski definition) is 3. The highest BCUT2D eigenvalue weighted by Gasteiger charge is 2.23. The molecular formula is C90H145N3. The topological polar surface area (TPSA) is 29.0 Å². The third-order valence-electron chi connectivity index (χ3n) is 19.0. The molecule has 3 nitrogen and oxygen atoms in total. The largest absolute Gasteiger partial charge is 0.301 e. The number of aryl methyl sites for hydroxylation is 5. The molecule has 2 saturated carbocycles. The van der Waals surface area contributed by atoms with Crippen molar-refractivity contribution in [2.45, 2.75) is 306 Å². The third-order valence-corrected chi connectivity index (χ3v) is 19.0. The molecule has 93 heavy (non-hydrogen) atoms. The predicted molar refractivity (Wildman–Crippen MR) is 418 cm³/mol. The number of piperidine rings is 1. The molecule has 0 N–H and O–H groups in total. The van der Waals surface area contributed by atoms with Gasteiger partial charge in [-0.2, -0.15) is 0 Å². The monoisotopic (exact) mass is 1270 g/mol. The molecule has 520 valence electrons. The first-order valence-electron chi connectivity index (χ1n) is 36.9. The lowest BCUT2D eigenvalue weighted by molar-refractivity contribution is 0.156. The molecule has 1 saturated heterocycles. The quantitative estimate of drug-likeness (QED) is 0.128. The van der Waals surface area contributed by atoms with Crippen molar-refractivity contribution >= 4 is 0 Å². The van der Waals surface area contributed by atoms with Crippen LogP contribution in [0, 0.1) is 70.1 Å². The Kier molecular flexibility index (Phi) is 43.3. The average molecular weight is 1270 g/mol. The molecule has 4 aliphatic rings. The Morgan fingerprint density at radius 3 is 1.04 bits per heavy atom. The number of aromatic nitrogens is 2. The highest BCUT2D eigenvalue weighted by atomic mass is 15.1. The zero-order valence-corrected chi connectivity index (χ0v) is 64.4. The molecule has 3 fully saturated rings. The average Bonchev–Trinajstić information content (AvgIpc) is 3.03. The number of benzene rings is 4. The van der Waals surface area contributed by atoms with Crippen LogP contribution in [0.2, 0.25) is 0 Å². The first-order valence-corrected chi connectivity index (χ1v) is 36.9. The summed E-state index contributed by atoms with van der Waals surface area (Å²) in [5, 5.41) is 0. The molecule has 3 heterocycles. The fraction of sp³-hybridized carbons (Fsp3) is 0.600. The Bertz CT molecular complexity index is 2430. The molecule has 3 heteroatoms. The minimum absolute atomic E-state index is 0. The van der Waals surface area contributed by atoms with E-state index >= 15 is 0 Å². The van der Waals surface area contributed by atoms with Gasteiger partial charge in [-0.15, -0.1) is 0 Å². The van der Waals surface area contributed by atoms with Crippen molar-refractivity contribution in [3.63, 3.8) is 0 Å². The van der Waals surface area contributed by atoms with Crippen LogP contribution in [0.25, 0.3) is 0 Å². The molecule has 1 unspecified atom stereocenters. The second-order valence-electron chi connectivity index (χ2n) is 31.0. The van der Waals surface area contributed by atoms with E-state index in [9.17, 15) is 0 Å². The maximum atomic E-state index is 4.28. The summed E-state index contributed by atoms with van der Waals surface area (Å²) >= 11 is 0. The first kappa shape index (κ1) is 85.9. The van der Waals surface area contributed by atoms with E-state index in [0.29, 0.717) is 35.5 Å². The lowest BCUT2D eigenvalue weighted by atomic mass is 9.78. The van der Waals surface area contributed by atoms with Gasteiger partial charge in [0.05, 0.1) is 0 Å². The van der Waals surface area contributed by atoms with Crippen molar-refractivity contribution in [2.75, 3.05) is 13.1 Å². The van der Waals surface area contributed by atoms with Gasteiger partial charge < -0.3 is 4.90 Å². The van der Waals surface area contributed by atoms with Crippen LogP contribution in [0.1, 0.15) is 332 Å².